The topological polar surface area (TPSA) is 82.0 Å². The molecule has 3 N–H and O–H groups in total. The SMILES string of the molecule is CCCn1c(=O)n(CCCC(=O)NN)c2ccccc21. The first-order valence-corrected chi connectivity index (χ1v) is 6.86. The van der Waals surface area contributed by atoms with E-state index in [2.05, 4.69) is 5.43 Å². The maximum absolute atomic E-state index is 12.4. The van der Waals surface area contributed by atoms with Crippen molar-refractivity contribution in [1.82, 2.24) is 14.6 Å². The van der Waals surface area contributed by atoms with Gasteiger partial charge in [-0.1, -0.05) is 19.1 Å². The molecular formula is C14H20N4O2. The maximum atomic E-state index is 12.4. The predicted octanol–water partition coefficient (Wildman–Crippen LogP) is 0.983. The van der Waals surface area contributed by atoms with Gasteiger partial charge in [0.1, 0.15) is 0 Å². The average molecular weight is 276 g/mol. The Hall–Kier alpha value is -2.08. The summed E-state index contributed by atoms with van der Waals surface area (Å²) in [4.78, 5) is 23.6. The molecule has 20 heavy (non-hydrogen) atoms. The number of carbonyl (C=O) groups excluding carboxylic acids is 1. The van der Waals surface area contributed by atoms with Crippen molar-refractivity contribution in [3.05, 3.63) is 34.7 Å². The molecule has 1 heterocycles. The molecule has 1 amide bonds. The fourth-order valence-corrected chi connectivity index (χ4v) is 2.40. The highest BCUT2D eigenvalue weighted by Gasteiger charge is 2.12. The summed E-state index contributed by atoms with van der Waals surface area (Å²) in [6.45, 7) is 3.27. The van der Waals surface area contributed by atoms with Crippen LogP contribution >= 0.6 is 0 Å². The number of nitrogens with one attached hydrogen (secondary N) is 1. The number of para-hydroxylation sites is 2. The van der Waals surface area contributed by atoms with Crippen LogP contribution in [0.3, 0.4) is 0 Å². The van der Waals surface area contributed by atoms with E-state index in [1.165, 1.54) is 0 Å². The molecule has 6 heteroatoms. The summed E-state index contributed by atoms with van der Waals surface area (Å²) in [5.74, 6) is 4.83. The Kier molecular flexibility index (Phi) is 4.57. The number of carbonyl (C=O) groups is 1. The van der Waals surface area contributed by atoms with Crippen molar-refractivity contribution < 1.29 is 4.79 Å². The summed E-state index contributed by atoms with van der Waals surface area (Å²) < 4.78 is 3.52. The van der Waals surface area contributed by atoms with Crippen LogP contribution in [0, 0.1) is 0 Å². The number of amides is 1. The molecule has 0 atom stereocenters. The number of hydrogen-bond donors (Lipinski definition) is 2. The van der Waals surface area contributed by atoms with Crippen molar-refractivity contribution in [3.8, 4) is 0 Å². The van der Waals surface area contributed by atoms with E-state index in [1.54, 1.807) is 9.13 Å². The third-order valence-electron chi connectivity index (χ3n) is 3.32. The Bertz CT molecular complexity index is 657. The highest BCUT2D eigenvalue weighted by Crippen LogP contribution is 2.13. The lowest BCUT2D eigenvalue weighted by Gasteiger charge is -2.02. The second kappa shape index (κ2) is 6.38. The van der Waals surface area contributed by atoms with Gasteiger partial charge in [0, 0.05) is 19.5 Å². The minimum atomic E-state index is -0.213. The number of imidazole rings is 1. The second-order valence-electron chi connectivity index (χ2n) is 4.75. The van der Waals surface area contributed by atoms with Crippen LogP contribution in [0.15, 0.2) is 29.1 Å². The van der Waals surface area contributed by atoms with Gasteiger partial charge in [-0.15, -0.1) is 0 Å². The van der Waals surface area contributed by atoms with Crippen LogP contribution in [0.2, 0.25) is 0 Å². The van der Waals surface area contributed by atoms with E-state index < -0.39 is 0 Å². The number of aromatic nitrogens is 2. The number of fused-ring (bicyclic) bond motifs is 1. The van der Waals surface area contributed by atoms with Gasteiger partial charge in [-0.2, -0.15) is 0 Å². The number of hydrogen-bond acceptors (Lipinski definition) is 3. The Morgan fingerprint density at radius 1 is 1.20 bits per heavy atom. The molecule has 0 bridgehead atoms. The molecule has 2 aromatic rings. The highest BCUT2D eigenvalue weighted by atomic mass is 16.2. The van der Waals surface area contributed by atoms with E-state index in [0.717, 1.165) is 17.5 Å². The van der Waals surface area contributed by atoms with Gasteiger partial charge in [0.25, 0.3) is 0 Å². The summed E-state index contributed by atoms with van der Waals surface area (Å²) >= 11 is 0. The van der Waals surface area contributed by atoms with Crippen molar-refractivity contribution in [2.45, 2.75) is 39.3 Å². The average Bonchev–Trinajstić information content (AvgIpc) is 2.73. The van der Waals surface area contributed by atoms with Crippen molar-refractivity contribution in [3.63, 3.8) is 0 Å². The summed E-state index contributed by atoms with van der Waals surface area (Å²) in [6.07, 6.45) is 1.81. The van der Waals surface area contributed by atoms with Gasteiger partial charge in [0.2, 0.25) is 5.91 Å². The smallest absolute Gasteiger partial charge is 0.294 e. The zero-order valence-corrected chi connectivity index (χ0v) is 11.6. The van der Waals surface area contributed by atoms with Gasteiger partial charge in [-0.25, -0.2) is 10.6 Å². The van der Waals surface area contributed by atoms with Crippen molar-refractivity contribution in [2.75, 3.05) is 0 Å². The zero-order valence-electron chi connectivity index (χ0n) is 11.6. The Morgan fingerprint density at radius 2 is 1.80 bits per heavy atom. The largest absolute Gasteiger partial charge is 0.329 e. The van der Waals surface area contributed by atoms with Crippen molar-refractivity contribution in [1.29, 1.82) is 0 Å². The zero-order chi connectivity index (χ0) is 14.5. The fourth-order valence-electron chi connectivity index (χ4n) is 2.40. The van der Waals surface area contributed by atoms with Gasteiger partial charge in [0.15, 0.2) is 0 Å². The van der Waals surface area contributed by atoms with E-state index in [9.17, 15) is 9.59 Å². The summed E-state index contributed by atoms with van der Waals surface area (Å²) in [5.41, 5.74) is 3.95. The lowest BCUT2D eigenvalue weighted by molar-refractivity contribution is -0.121. The monoisotopic (exact) mass is 276 g/mol. The number of rotatable bonds is 6. The molecule has 0 fully saturated rings. The molecule has 0 spiro atoms. The van der Waals surface area contributed by atoms with Gasteiger partial charge in [0.05, 0.1) is 11.0 Å². The fraction of sp³-hybridized carbons (Fsp3) is 0.429. The van der Waals surface area contributed by atoms with Crippen molar-refractivity contribution >= 4 is 16.9 Å². The number of nitrogens with two attached hydrogens (primary N) is 1. The molecule has 0 unspecified atom stereocenters. The molecule has 1 aromatic heterocycles. The predicted molar refractivity (Wildman–Crippen MR) is 78.1 cm³/mol. The first kappa shape index (κ1) is 14.3. The highest BCUT2D eigenvalue weighted by molar-refractivity contribution is 5.76. The Balaban J connectivity index is 2.30. The minimum absolute atomic E-state index is 0.0128. The molecule has 0 radical (unpaired) electrons. The van der Waals surface area contributed by atoms with Gasteiger partial charge < -0.3 is 0 Å². The molecule has 1 aromatic carbocycles. The molecule has 0 aliphatic carbocycles. The lowest BCUT2D eigenvalue weighted by Crippen LogP contribution is -2.30. The van der Waals surface area contributed by atoms with Gasteiger partial charge in [-0.05, 0) is 25.0 Å². The number of benzene rings is 1. The van der Waals surface area contributed by atoms with Crippen LogP contribution < -0.4 is 17.0 Å². The Morgan fingerprint density at radius 3 is 2.35 bits per heavy atom. The first-order chi connectivity index (χ1) is 9.69. The maximum Gasteiger partial charge on any atom is 0.329 e. The molecule has 6 nitrogen and oxygen atoms in total. The van der Waals surface area contributed by atoms with Crippen LogP contribution in [0.4, 0.5) is 0 Å². The molecular weight excluding hydrogens is 256 g/mol. The number of hydrazine groups is 1. The molecule has 0 aliphatic heterocycles. The standard InChI is InChI=1S/C14H20N4O2/c1-2-9-17-11-6-3-4-7-12(11)18(14(17)20)10-5-8-13(19)16-15/h3-4,6-7H,2,5,8-10,15H2,1H3,(H,16,19). The van der Waals surface area contributed by atoms with Crippen LogP contribution in [-0.2, 0) is 17.9 Å². The number of aryl methyl sites for hydroxylation is 2. The minimum Gasteiger partial charge on any atom is -0.294 e. The van der Waals surface area contributed by atoms with E-state index in [0.29, 0.717) is 25.9 Å². The Labute approximate surface area is 117 Å². The van der Waals surface area contributed by atoms with Crippen LogP contribution in [0.5, 0.6) is 0 Å². The van der Waals surface area contributed by atoms with Gasteiger partial charge >= 0.3 is 5.69 Å². The number of nitrogens with zero attached hydrogens (tertiary/aromatic N) is 2. The van der Waals surface area contributed by atoms with Gasteiger partial charge in [-0.3, -0.25) is 19.4 Å². The van der Waals surface area contributed by atoms with Crippen LogP contribution in [0.1, 0.15) is 26.2 Å². The van der Waals surface area contributed by atoms with E-state index >= 15 is 0 Å². The third-order valence-corrected chi connectivity index (χ3v) is 3.32. The van der Waals surface area contributed by atoms with Crippen LogP contribution in [-0.4, -0.2) is 15.0 Å². The van der Waals surface area contributed by atoms with E-state index in [-0.39, 0.29) is 11.6 Å². The molecule has 108 valence electrons. The molecule has 2 rings (SSSR count). The van der Waals surface area contributed by atoms with E-state index in [4.69, 9.17) is 5.84 Å². The van der Waals surface area contributed by atoms with Crippen molar-refractivity contribution in [2.24, 2.45) is 5.84 Å². The molecule has 0 aliphatic rings. The van der Waals surface area contributed by atoms with E-state index in [1.807, 2.05) is 31.2 Å². The second-order valence-corrected chi connectivity index (χ2v) is 4.75. The van der Waals surface area contributed by atoms with Crippen LogP contribution in [0.25, 0.3) is 11.0 Å². The lowest BCUT2D eigenvalue weighted by atomic mass is 10.2. The molecule has 0 saturated carbocycles. The molecule has 0 saturated heterocycles. The first-order valence-electron chi connectivity index (χ1n) is 6.86. The summed E-state index contributed by atoms with van der Waals surface area (Å²) in [7, 11) is 0. The third kappa shape index (κ3) is 2.75. The normalized spacial score (nSPS) is 10.9. The summed E-state index contributed by atoms with van der Waals surface area (Å²) in [6, 6.07) is 7.74. The quantitative estimate of drug-likeness (QED) is 0.469. The summed E-state index contributed by atoms with van der Waals surface area (Å²) in [5, 5.41) is 0.